The summed E-state index contributed by atoms with van der Waals surface area (Å²) < 4.78 is 12.3. The third kappa shape index (κ3) is 6.66. The fourth-order valence-corrected chi connectivity index (χ4v) is 4.25. The summed E-state index contributed by atoms with van der Waals surface area (Å²) in [6.45, 7) is 8.27. The van der Waals surface area contributed by atoms with Gasteiger partial charge in [0.1, 0.15) is 11.5 Å². The Morgan fingerprint density at radius 1 is 1.08 bits per heavy atom. The van der Waals surface area contributed by atoms with Crippen molar-refractivity contribution in [1.82, 2.24) is 20.1 Å². The van der Waals surface area contributed by atoms with Crippen LogP contribution in [0.5, 0.6) is 11.5 Å². The first kappa shape index (κ1) is 26.8. The van der Waals surface area contributed by atoms with Crippen LogP contribution in [0.3, 0.4) is 0 Å². The van der Waals surface area contributed by atoms with Crippen LogP contribution in [0.2, 0.25) is 0 Å². The molecule has 0 saturated carbocycles. The Kier molecular flexibility index (Phi) is 9.52. The van der Waals surface area contributed by atoms with Gasteiger partial charge in [0.2, 0.25) is 5.91 Å². The molecule has 1 heterocycles. The standard InChI is InChI=1S/C26H31N5O4S/c1-6-15-31-24(23(17(2)3)28-25(33)18-11-13-19(34-4)14-12-18)29-30-26(31)36-16-22(32)27-20-9-7-8-10-21(20)35-5/h6-14,17,23H,1,15-16H2,2-5H3,(H,27,32)(H,28,33)/t23-/m1/s1. The van der Waals surface area contributed by atoms with Gasteiger partial charge in [-0.1, -0.05) is 43.8 Å². The maximum atomic E-state index is 13.0. The van der Waals surface area contributed by atoms with Crippen LogP contribution in [-0.2, 0) is 11.3 Å². The highest BCUT2D eigenvalue weighted by Gasteiger charge is 2.26. The van der Waals surface area contributed by atoms with Crippen molar-refractivity contribution in [3.8, 4) is 11.5 Å². The number of methoxy groups -OCH3 is 2. The van der Waals surface area contributed by atoms with E-state index >= 15 is 0 Å². The highest BCUT2D eigenvalue weighted by Crippen LogP contribution is 2.27. The number of anilines is 1. The number of ether oxygens (including phenoxy) is 2. The van der Waals surface area contributed by atoms with Crippen molar-refractivity contribution in [2.24, 2.45) is 5.92 Å². The van der Waals surface area contributed by atoms with Gasteiger partial charge in [-0.3, -0.25) is 9.59 Å². The van der Waals surface area contributed by atoms with Crippen LogP contribution >= 0.6 is 11.8 Å². The predicted octanol–water partition coefficient (Wildman–Crippen LogP) is 4.34. The number of nitrogens with zero attached hydrogens (tertiary/aromatic N) is 3. The molecular formula is C26H31N5O4S. The summed E-state index contributed by atoms with van der Waals surface area (Å²) in [4.78, 5) is 25.5. The molecule has 0 spiro atoms. The van der Waals surface area contributed by atoms with E-state index in [9.17, 15) is 9.59 Å². The SMILES string of the molecule is C=CCn1c(SCC(=O)Nc2ccccc2OC)nnc1[C@H](NC(=O)c1ccc(OC)cc1)C(C)C. The molecule has 9 nitrogen and oxygen atoms in total. The quantitative estimate of drug-likeness (QED) is 0.276. The van der Waals surface area contributed by atoms with E-state index in [2.05, 4.69) is 27.4 Å². The van der Waals surface area contributed by atoms with Crippen molar-refractivity contribution in [3.05, 3.63) is 72.6 Å². The number of allylic oxidation sites excluding steroid dienone is 1. The molecule has 3 rings (SSSR count). The topological polar surface area (TPSA) is 107 Å². The van der Waals surface area contributed by atoms with Crippen molar-refractivity contribution in [3.63, 3.8) is 0 Å². The lowest BCUT2D eigenvalue weighted by atomic mass is 10.0. The molecule has 0 aliphatic rings. The molecule has 1 atom stereocenters. The molecule has 0 unspecified atom stereocenters. The normalized spacial score (nSPS) is 11.6. The minimum Gasteiger partial charge on any atom is -0.497 e. The van der Waals surface area contributed by atoms with Crippen LogP contribution in [0.4, 0.5) is 5.69 Å². The molecule has 36 heavy (non-hydrogen) atoms. The Labute approximate surface area is 215 Å². The van der Waals surface area contributed by atoms with Crippen LogP contribution in [0.15, 0.2) is 66.3 Å². The Hall–Kier alpha value is -3.79. The number of carbonyl (C=O) groups is 2. The second kappa shape index (κ2) is 12.8. The van der Waals surface area contributed by atoms with Crippen LogP contribution < -0.4 is 20.1 Å². The number of hydrogen-bond donors (Lipinski definition) is 2. The van der Waals surface area contributed by atoms with Gasteiger partial charge >= 0.3 is 0 Å². The van der Waals surface area contributed by atoms with Crippen LogP contribution in [0, 0.1) is 5.92 Å². The van der Waals surface area contributed by atoms with Gasteiger partial charge in [0.15, 0.2) is 11.0 Å². The summed E-state index contributed by atoms with van der Waals surface area (Å²) in [5.41, 5.74) is 1.11. The first-order chi connectivity index (χ1) is 17.4. The summed E-state index contributed by atoms with van der Waals surface area (Å²) in [6.07, 6.45) is 1.73. The predicted molar refractivity (Wildman–Crippen MR) is 141 cm³/mol. The zero-order chi connectivity index (χ0) is 26.1. The van der Waals surface area contributed by atoms with Crippen molar-refractivity contribution < 1.29 is 19.1 Å². The Bertz CT molecular complexity index is 1190. The first-order valence-electron chi connectivity index (χ1n) is 11.4. The molecule has 3 aromatic rings. The summed E-state index contributed by atoms with van der Waals surface area (Å²) in [7, 11) is 3.13. The first-order valence-corrected chi connectivity index (χ1v) is 12.4. The van der Waals surface area contributed by atoms with Crippen molar-refractivity contribution in [1.29, 1.82) is 0 Å². The fourth-order valence-electron chi connectivity index (χ4n) is 3.50. The lowest BCUT2D eigenvalue weighted by Crippen LogP contribution is -2.33. The van der Waals surface area contributed by atoms with Gasteiger partial charge in [-0.2, -0.15) is 0 Å². The molecule has 10 heteroatoms. The van der Waals surface area contributed by atoms with Crippen molar-refractivity contribution in [2.45, 2.75) is 31.6 Å². The van der Waals surface area contributed by atoms with Gasteiger partial charge in [0.05, 0.1) is 31.7 Å². The van der Waals surface area contributed by atoms with Gasteiger partial charge in [-0.25, -0.2) is 0 Å². The van der Waals surface area contributed by atoms with Crippen LogP contribution in [-0.4, -0.2) is 46.6 Å². The number of hydrogen-bond acceptors (Lipinski definition) is 7. The minimum absolute atomic E-state index is 0.0339. The number of carbonyl (C=O) groups excluding carboxylic acids is 2. The molecular weight excluding hydrogens is 478 g/mol. The molecule has 2 aromatic carbocycles. The molecule has 0 radical (unpaired) electrons. The average Bonchev–Trinajstić information content (AvgIpc) is 3.28. The molecule has 0 bridgehead atoms. The Morgan fingerprint density at radius 3 is 2.44 bits per heavy atom. The molecule has 2 amide bonds. The van der Waals surface area contributed by atoms with Gasteiger partial charge in [-0.15, -0.1) is 16.8 Å². The minimum atomic E-state index is -0.399. The van der Waals surface area contributed by atoms with Crippen molar-refractivity contribution >= 4 is 29.3 Å². The second-order valence-electron chi connectivity index (χ2n) is 8.20. The monoisotopic (exact) mass is 509 g/mol. The zero-order valence-electron chi connectivity index (χ0n) is 20.9. The number of aromatic nitrogens is 3. The molecule has 0 aliphatic carbocycles. The molecule has 0 saturated heterocycles. The molecule has 2 N–H and O–H groups in total. The smallest absolute Gasteiger partial charge is 0.251 e. The molecule has 0 aliphatic heterocycles. The van der Waals surface area contributed by atoms with Gasteiger partial charge in [0, 0.05) is 12.1 Å². The number of thioether (sulfide) groups is 1. The number of amides is 2. The Morgan fingerprint density at radius 2 is 1.81 bits per heavy atom. The van der Waals surface area contributed by atoms with E-state index in [1.165, 1.54) is 11.8 Å². The highest BCUT2D eigenvalue weighted by molar-refractivity contribution is 7.99. The number of benzene rings is 2. The molecule has 1 aromatic heterocycles. The van der Waals surface area contributed by atoms with E-state index < -0.39 is 6.04 Å². The second-order valence-corrected chi connectivity index (χ2v) is 9.14. The lowest BCUT2D eigenvalue weighted by Gasteiger charge is -2.22. The van der Waals surface area contributed by atoms with E-state index in [0.29, 0.717) is 40.3 Å². The van der Waals surface area contributed by atoms with E-state index in [1.807, 2.05) is 30.5 Å². The maximum absolute atomic E-state index is 13.0. The van der Waals surface area contributed by atoms with Gasteiger partial charge < -0.3 is 24.7 Å². The third-order valence-corrected chi connectivity index (χ3v) is 6.32. The summed E-state index contributed by atoms with van der Waals surface area (Å²) in [6, 6.07) is 13.7. The Balaban J connectivity index is 1.75. The van der Waals surface area contributed by atoms with E-state index in [-0.39, 0.29) is 23.5 Å². The average molecular weight is 510 g/mol. The molecule has 0 fully saturated rings. The third-order valence-electron chi connectivity index (χ3n) is 5.35. The van der Waals surface area contributed by atoms with E-state index in [1.54, 1.807) is 56.7 Å². The van der Waals surface area contributed by atoms with Crippen LogP contribution in [0.25, 0.3) is 0 Å². The molecule has 190 valence electrons. The maximum Gasteiger partial charge on any atom is 0.251 e. The van der Waals surface area contributed by atoms with E-state index in [4.69, 9.17) is 9.47 Å². The number of para-hydroxylation sites is 2. The number of nitrogens with one attached hydrogen (secondary N) is 2. The lowest BCUT2D eigenvalue weighted by molar-refractivity contribution is -0.113. The van der Waals surface area contributed by atoms with Gasteiger partial charge in [0.25, 0.3) is 5.91 Å². The summed E-state index contributed by atoms with van der Waals surface area (Å²) in [5, 5.41) is 15.2. The van der Waals surface area contributed by atoms with Gasteiger partial charge in [-0.05, 0) is 42.3 Å². The van der Waals surface area contributed by atoms with E-state index in [0.717, 1.165) is 0 Å². The van der Waals surface area contributed by atoms with Crippen molar-refractivity contribution in [2.75, 3.05) is 25.3 Å². The largest absolute Gasteiger partial charge is 0.497 e. The number of rotatable bonds is 12. The van der Waals surface area contributed by atoms with Crippen LogP contribution in [0.1, 0.15) is 36.1 Å². The fraction of sp³-hybridized carbons (Fsp3) is 0.308. The zero-order valence-corrected chi connectivity index (χ0v) is 21.7. The highest BCUT2D eigenvalue weighted by atomic mass is 32.2. The summed E-state index contributed by atoms with van der Waals surface area (Å²) in [5.74, 6) is 1.58. The summed E-state index contributed by atoms with van der Waals surface area (Å²) >= 11 is 1.26.